The summed E-state index contributed by atoms with van der Waals surface area (Å²) in [6.45, 7) is 5.29. The summed E-state index contributed by atoms with van der Waals surface area (Å²) in [5, 5.41) is 13.7. The summed E-state index contributed by atoms with van der Waals surface area (Å²) in [7, 11) is 1.68. The van der Waals surface area contributed by atoms with Crippen molar-refractivity contribution >= 4 is 27.4 Å². The Balaban J connectivity index is 1.85. The second-order valence-electron chi connectivity index (χ2n) is 5.00. The van der Waals surface area contributed by atoms with E-state index in [0.29, 0.717) is 6.61 Å². The molecular weight excluding hydrogens is 300 g/mol. The van der Waals surface area contributed by atoms with Gasteiger partial charge in [-0.05, 0) is 25.3 Å². The lowest BCUT2D eigenvalue weighted by molar-refractivity contribution is 0.186. The molecule has 3 aromatic heterocycles. The molecule has 0 spiro atoms. The molecule has 1 atom stereocenters. The van der Waals surface area contributed by atoms with Gasteiger partial charge in [0.2, 0.25) is 0 Å². The fourth-order valence-electron chi connectivity index (χ4n) is 2.31. The van der Waals surface area contributed by atoms with E-state index >= 15 is 0 Å². The number of fused-ring (bicyclic) bond motifs is 1. The highest BCUT2D eigenvalue weighted by Gasteiger charge is 2.16. The zero-order valence-electron chi connectivity index (χ0n) is 12.8. The van der Waals surface area contributed by atoms with Gasteiger partial charge in [-0.25, -0.2) is 9.97 Å². The van der Waals surface area contributed by atoms with Gasteiger partial charge in [-0.2, -0.15) is 0 Å². The van der Waals surface area contributed by atoms with Crippen molar-refractivity contribution in [1.82, 2.24) is 24.7 Å². The van der Waals surface area contributed by atoms with E-state index in [2.05, 4.69) is 25.5 Å². The number of hydrogen-bond donors (Lipinski definition) is 1. The van der Waals surface area contributed by atoms with Crippen molar-refractivity contribution in [2.24, 2.45) is 0 Å². The Labute approximate surface area is 132 Å². The van der Waals surface area contributed by atoms with Crippen LogP contribution >= 0.6 is 11.3 Å². The molecule has 3 rings (SSSR count). The van der Waals surface area contributed by atoms with Crippen LogP contribution in [0.1, 0.15) is 24.6 Å². The monoisotopic (exact) mass is 318 g/mol. The first-order valence-electron chi connectivity index (χ1n) is 7.04. The predicted octanol–water partition coefficient (Wildman–Crippen LogP) is 2.41. The van der Waals surface area contributed by atoms with E-state index < -0.39 is 0 Å². The first-order chi connectivity index (χ1) is 10.7. The van der Waals surface area contributed by atoms with Gasteiger partial charge in [0, 0.05) is 13.7 Å². The minimum atomic E-state index is -0.0149. The van der Waals surface area contributed by atoms with Crippen molar-refractivity contribution in [1.29, 1.82) is 0 Å². The molecule has 1 unspecified atom stereocenters. The highest BCUT2D eigenvalue weighted by atomic mass is 32.1. The number of nitrogens with zero attached hydrogens (tertiary/aromatic N) is 5. The molecule has 7 nitrogen and oxygen atoms in total. The Bertz CT molecular complexity index is 768. The van der Waals surface area contributed by atoms with E-state index in [4.69, 9.17) is 4.74 Å². The molecular formula is C14H18N6OS. The Morgan fingerprint density at radius 3 is 3.09 bits per heavy atom. The van der Waals surface area contributed by atoms with Crippen LogP contribution in [-0.4, -0.2) is 38.4 Å². The van der Waals surface area contributed by atoms with Crippen LogP contribution in [0.2, 0.25) is 0 Å². The Morgan fingerprint density at radius 2 is 2.27 bits per heavy atom. The molecule has 0 aliphatic carbocycles. The van der Waals surface area contributed by atoms with Gasteiger partial charge in [0.15, 0.2) is 5.82 Å². The van der Waals surface area contributed by atoms with Gasteiger partial charge < -0.3 is 14.6 Å². The molecule has 3 heterocycles. The summed E-state index contributed by atoms with van der Waals surface area (Å²) in [5.41, 5.74) is 0.966. The lowest BCUT2D eigenvalue weighted by Gasteiger charge is -2.16. The Hall–Kier alpha value is -2.06. The fraction of sp³-hybridized carbons (Fsp3) is 0.429. The summed E-state index contributed by atoms with van der Waals surface area (Å²) in [6, 6.07) is 1.99. The van der Waals surface area contributed by atoms with Crippen molar-refractivity contribution in [3.8, 4) is 0 Å². The summed E-state index contributed by atoms with van der Waals surface area (Å²) < 4.78 is 8.16. The number of hydrogen-bond acceptors (Lipinski definition) is 7. The van der Waals surface area contributed by atoms with Crippen molar-refractivity contribution < 1.29 is 4.74 Å². The molecule has 0 saturated heterocycles. The Morgan fingerprint density at radius 1 is 1.41 bits per heavy atom. The second-order valence-corrected chi connectivity index (χ2v) is 5.91. The van der Waals surface area contributed by atoms with Crippen LogP contribution in [0.25, 0.3) is 10.2 Å². The summed E-state index contributed by atoms with van der Waals surface area (Å²) in [6.07, 6.45) is 1.72. The summed E-state index contributed by atoms with van der Waals surface area (Å²) in [4.78, 5) is 8.96. The number of aromatic nitrogens is 5. The first kappa shape index (κ1) is 14.9. The van der Waals surface area contributed by atoms with Crippen LogP contribution in [0.3, 0.4) is 0 Å². The fourth-order valence-corrected chi connectivity index (χ4v) is 3.09. The molecule has 0 radical (unpaired) electrons. The van der Waals surface area contributed by atoms with Crippen molar-refractivity contribution in [2.75, 3.05) is 19.0 Å². The van der Waals surface area contributed by atoms with Gasteiger partial charge in [-0.15, -0.1) is 21.5 Å². The van der Waals surface area contributed by atoms with Crippen molar-refractivity contribution in [3.63, 3.8) is 0 Å². The molecule has 0 bridgehead atoms. The average Bonchev–Trinajstić information content (AvgIpc) is 3.13. The third-order valence-corrected chi connectivity index (χ3v) is 4.25. The van der Waals surface area contributed by atoms with Gasteiger partial charge in [-0.3, -0.25) is 0 Å². The minimum Gasteiger partial charge on any atom is -0.383 e. The van der Waals surface area contributed by atoms with Crippen LogP contribution < -0.4 is 5.32 Å². The molecule has 0 saturated carbocycles. The first-order valence-corrected chi connectivity index (χ1v) is 7.92. The van der Waals surface area contributed by atoms with Crippen LogP contribution in [0, 0.1) is 6.92 Å². The number of methoxy groups -OCH3 is 1. The number of thiophene rings is 1. The zero-order valence-corrected chi connectivity index (χ0v) is 13.6. The Kier molecular flexibility index (Phi) is 4.30. The normalized spacial score (nSPS) is 12.7. The maximum absolute atomic E-state index is 5.12. The quantitative estimate of drug-likeness (QED) is 0.752. The van der Waals surface area contributed by atoms with Crippen LogP contribution in [-0.2, 0) is 11.3 Å². The third-order valence-electron chi connectivity index (χ3n) is 3.34. The lowest BCUT2D eigenvalue weighted by Crippen LogP contribution is -2.16. The smallest absolute Gasteiger partial charge is 0.155 e. The van der Waals surface area contributed by atoms with E-state index in [0.717, 1.165) is 34.2 Å². The second kappa shape index (κ2) is 6.37. The number of rotatable bonds is 6. The van der Waals surface area contributed by atoms with Crippen LogP contribution in [0.4, 0.5) is 5.82 Å². The molecule has 22 heavy (non-hydrogen) atoms. The molecule has 0 aliphatic rings. The largest absolute Gasteiger partial charge is 0.383 e. The van der Waals surface area contributed by atoms with E-state index in [1.165, 1.54) is 0 Å². The molecule has 8 heteroatoms. The molecule has 0 amide bonds. The molecule has 1 N–H and O–H groups in total. The standard InChI is InChI=1S/C14H18N6OS/c1-9(14-19-15-8-20(14)5-6-21-3)16-13-12-11(4-7-22-12)17-10(2)18-13/h4,7-9H,5-6H2,1-3H3,(H,16,17,18). The number of ether oxygens (including phenoxy) is 1. The highest BCUT2D eigenvalue weighted by Crippen LogP contribution is 2.28. The molecule has 0 aromatic carbocycles. The summed E-state index contributed by atoms with van der Waals surface area (Å²) >= 11 is 1.63. The van der Waals surface area contributed by atoms with E-state index in [1.54, 1.807) is 24.8 Å². The van der Waals surface area contributed by atoms with Gasteiger partial charge in [-0.1, -0.05) is 0 Å². The SMILES string of the molecule is COCCn1cnnc1C(C)Nc1nc(C)nc2ccsc12. The summed E-state index contributed by atoms with van der Waals surface area (Å²) in [5.74, 6) is 2.45. The molecule has 0 aliphatic heterocycles. The van der Waals surface area contributed by atoms with E-state index in [-0.39, 0.29) is 6.04 Å². The maximum atomic E-state index is 5.12. The van der Waals surface area contributed by atoms with Gasteiger partial charge in [0.05, 0.1) is 22.9 Å². The van der Waals surface area contributed by atoms with Gasteiger partial charge in [0.1, 0.15) is 18.0 Å². The number of anilines is 1. The average molecular weight is 318 g/mol. The van der Waals surface area contributed by atoms with Crippen LogP contribution in [0.15, 0.2) is 17.8 Å². The minimum absolute atomic E-state index is 0.0149. The lowest BCUT2D eigenvalue weighted by atomic mass is 10.3. The van der Waals surface area contributed by atoms with Crippen molar-refractivity contribution in [3.05, 3.63) is 29.4 Å². The van der Waals surface area contributed by atoms with Crippen molar-refractivity contribution in [2.45, 2.75) is 26.4 Å². The number of nitrogens with one attached hydrogen (secondary N) is 1. The zero-order chi connectivity index (χ0) is 15.5. The number of aryl methyl sites for hydroxylation is 1. The molecule has 3 aromatic rings. The maximum Gasteiger partial charge on any atom is 0.155 e. The highest BCUT2D eigenvalue weighted by molar-refractivity contribution is 7.17. The van der Waals surface area contributed by atoms with Crippen LogP contribution in [0.5, 0.6) is 0 Å². The topological polar surface area (TPSA) is 77.8 Å². The molecule has 116 valence electrons. The molecule has 0 fully saturated rings. The van der Waals surface area contributed by atoms with E-state index in [1.807, 2.05) is 29.9 Å². The van der Waals surface area contributed by atoms with Gasteiger partial charge >= 0.3 is 0 Å². The third kappa shape index (κ3) is 2.93. The van der Waals surface area contributed by atoms with E-state index in [9.17, 15) is 0 Å². The predicted molar refractivity (Wildman–Crippen MR) is 86.1 cm³/mol. The van der Waals surface area contributed by atoms with Gasteiger partial charge in [0.25, 0.3) is 0 Å².